The average molecular weight is 282 g/mol. The molecule has 0 heterocycles. The normalized spacial score (nSPS) is 12.9. The van der Waals surface area contributed by atoms with Gasteiger partial charge in [-0.2, -0.15) is 5.26 Å². The smallest absolute Gasteiger partial charge is 0.179 e. The van der Waals surface area contributed by atoms with Crippen molar-refractivity contribution >= 4 is 9.84 Å². The topological polar surface area (TPSA) is 79.2 Å². The van der Waals surface area contributed by atoms with E-state index in [2.05, 4.69) is 5.32 Å². The summed E-state index contributed by atoms with van der Waals surface area (Å²) < 4.78 is 29.0. The zero-order chi connectivity index (χ0) is 14.3. The maximum absolute atomic E-state index is 12.0. The van der Waals surface area contributed by atoms with Gasteiger partial charge in [0.15, 0.2) is 9.84 Å². The van der Waals surface area contributed by atoms with Gasteiger partial charge >= 0.3 is 0 Å². The van der Waals surface area contributed by atoms with Gasteiger partial charge in [-0.1, -0.05) is 0 Å². The zero-order valence-electron chi connectivity index (χ0n) is 11.1. The van der Waals surface area contributed by atoms with Crippen LogP contribution in [0.4, 0.5) is 0 Å². The molecule has 0 saturated carbocycles. The number of rotatable bonds is 7. The Labute approximate surface area is 114 Å². The van der Waals surface area contributed by atoms with Crippen molar-refractivity contribution in [1.82, 2.24) is 5.32 Å². The standard InChI is InChI=1S/C13H18N2O3S/c1-11(10-18-2)15-7-8-19(16,17)13-5-3-12(9-14)4-6-13/h3-6,11,15H,7-8,10H2,1-2H3. The number of benzene rings is 1. The second kappa shape index (κ2) is 7.24. The highest BCUT2D eigenvalue weighted by atomic mass is 32.2. The van der Waals surface area contributed by atoms with E-state index in [1.807, 2.05) is 13.0 Å². The van der Waals surface area contributed by atoms with Crippen LogP contribution in [0.15, 0.2) is 29.2 Å². The quantitative estimate of drug-likeness (QED) is 0.805. The first-order chi connectivity index (χ1) is 8.99. The Morgan fingerprint density at radius 3 is 2.53 bits per heavy atom. The molecule has 0 aliphatic carbocycles. The van der Waals surface area contributed by atoms with Crippen LogP contribution in [0, 0.1) is 11.3 Å². The molecule has 19 heavy (non-hydrogen) atoms. The summed E-state index contributed by atoms with van der Waals surface area (Å²) in [6.07, 6.45) is 0. The van der Waals surface area contributed by atoms with E-state index in [-0.39, 0.29) is 16.7 Å². The molecule has 1 aromatic rings. The van der Waals surface area contributed by atoms with Gasteiger partial charge < -0.3 is 10.1 Å². The fourth-order valence-corrected chi connectivity index (χ4v) is 2.78. The Balaban J connectivity index is 2.58. The van der Waals surface area contributed by atoms with Crippen molar-refractivity contribution in [1.29, 1.82) is 5.26 Å². The SMILES string of the molecule is COCC(C)NCCS(=O)(=O)c1ccc(C#N)cc1. The highest BCUT2D eigenvalue weighted by Gasteiger charge is 2.14. The molecule has 0 amide bonds. The summed E-state index contributed by atoms with van der Waals surface area (Å²) in [7, 11) is -1.71. The minimum atomic E-state index is -3.31. The van der Waals surface area contributed by atoms with Crippen molar-refractivity contribution in [2.24, 2.45) is 0 Å². The number of sulfone groups is 1. The van der Waals surface area contributed by atoms with Gasteiger partial charge in [-0.15, -0.1) is 0 Å². The van der Waals surface area contributed by atoms with Crippen LogP contribution in [0.3, 0.4) is 0 Å². The molecule has 0 radical (unpaired) electrons. The van der Waals surface area contributed by atoms with Crippen molar-refractivity contribution < 1.29 is 13.2 Å². The zero-order valence-corrected chi connectivity index (χ0v) is 11.9. The van der Waals surface area contributed by atoms with Crippen LogP contribution in [0.2, 0.25) is 0 Å². The summed E-state index contributed by atoms with van der Waals surface area (Å²) >= 11 is 0. The minimum Gasteiger partial charge on any atom is -0.383 e. The average Bonchev–Trinajstić information content (AvgIpc) is 2.39. The van der Waals surface area contributed by atoms with Gasteiger partial charge in [-0.05, 0) is 31.2 Å². The minimum absolute atomic E-state index is 0.0208. The lowest BCUT2D eigenvalue weighted by Crippen LogP contribution is -2.34. The second-order valence-corrected chi connectivity index (χ2v) is 6.37. The van der Waals surface area contributed by atoms with E-state index >= 15 is 0 Å². The number of nitrogens with zero attached hydrogens (tertiary/aromatic N) is 1. The summed E-state index contributed by atoms with van der Waals surface area (Å²) in [5.41, 5.74) is 0.450. The summed E-state index contributed by atoms with van der Waals surface area (Å²) in [6.45, 7) is 2.83. The fraction of sp³-hybridized carbons (Fsp3) is 0.462. The van der Waals surface area contributed by atoms with Gasteiger partial charge in [-0.3, -0.25) is 0 Å². The summed E-state index contributed by atoms with van der Waals surface area (Å²) in [6, 6.07) is 8.01. The third kappa shape index (κ3) is 4.99. The van der Waals surface area contributed by atoms with Crippen LogP contribution in [-0.2, 0) is 14.6 Å². The number of methoxy groups -OCH3 is 1. The van der Waals surface area contributed by atoms with Crippen molar-refractivity contribution in [3.8, 4) is 6.07 Å². The second-order valence-electron chi connectivity index (χ2n) is 4.27. The molecule has 0 bridgehead atoms. The van der Waals surface area contributed by atoms with E-state index in [0.29, 0.717) is 18.7 Å². The first-order valence-corrected chi connectivity index (χ1v) is 7.60. The lowest BCUT2D eigenvalue weighted by atomic mass is 10.2. The lowest BCUT2D eigenvalue weighted by molar-refractivity contribution is 0.173. The molecule has 0 aliphatic rings. The van der Waals surface area contributed by atoms with Gasteiger partial charge in [-0.25, -0.2) is 8.42 Å². The molecule has 0 fully saturated rings. The van der Waals surface area contributed by atoms with Crippen molar-refractivity contribution in [3.63, 3.8) is 0 Å². The summed E-state index contributed by atoms with van der Waals surface area (Å²) in [5, 5.41) is 11.7. The first kappa shape index (κ1) is 15.6. The van der Waals surface area contributed by atoms with E-state index < -0.39 is 9.84 Å². The molecule has 6 heteroatoms. The van der Waals surface area contributed by atoms with Crippen molar-refractivity contribution in [2.75, 3.05) is 26.0 Å². The van der Waals surface area contributed by atoms with Crippen LogP contribution in [0.5, 0.6) is 0 Å². The van der Waals surface area contributed by atoms with Crippen molar-refractivity contribution in [2.45, 2.75) is 17.9 Å². The number of nitrogens with one attached hydrogen (secondary N) is 1. The first-order valence-electron chi connectivity index (χ1n) is 5.95. The van der Waals surface area contributed by atoms with Crippen LogP contribution < -0.4 is 5.32 Å². The summed E-state index contributed by atoms with van der Waals surface area (Å²) in [5.74, 6) is 0.0208. The lowest BCUT2D eigenvalue weighted by Gasteiger charge is -2.12. The maximum atomic E-state index is 12.0. The highest BCUT2D eigenvalue weighted by molar-refractivity contribution is 7.91. The monoisotopic (exact) mass is 282 g/mol. The number of hydrogen-bond acceptors (Lipinski definition) is 5. The molecule has 1 unspecified atom stereocenters. The van der Waals surface area contributed by atoms with Gasteiger partial charge in [0.1, 0.15) is 0 Å². The number of hydrogen-bond donors (Lipinski definition) is 1. The van der Waals surface area contributed by atoms with Gasteiger partial charge in [0.05, 0.1) is 28.9 Å². The van der Waals surface area contributed by atoms with Gasteiger partial charge in [0, 0.05) is 19.7 Å². The van der Waals surface area contributed by atoms with Crippen LogP contribution in [0.25, 0.3) is 0 Å². The molecule has 104 valence electrons. The molecule has 0 spiro atoms. The van der Waals surface area contributed by atoms with E-state index in [4.69, 9.17) is 10.00 Å². The fourth-order valence-electron chi connectivity index (χ4n) is 1.60. The molecule has 0 aliphatic heterocycles. The Kier molecular flexibility index (Phi) is 5.96. The molecular weight excluding hydrogens is 264 g/mol. The third-order valence-corrected chi connectivity index (χ3v) is 4.35. The van der Waals surface area contributed by atoms with Crippen LogP contribution in [0.1, 0.15) is 12.5 Å². The maximum Gasteiger partial charge on any atom is 0.179 e. The largest absolute Gasteiger partial charge is 0.383 e. The molecule has 0 saturated heterocycles. The molecule has 1 N–H and O–H groups in total. The van der Waals surface area contributed by atoms with Crippen LogP contribution in [-0.4, -0.2) is 40.5 Å². The van der Waals surface area contributed by atoms with E-state index in [1.54, 1.807) is 7.11 Å². The van der Waals surface area contributed by atoms with Crippen LogP contribution >= 0.6 is 0 Å². The van der Waals surface area contributed by atoms with Crippen molar-refractivity contribution in [3.05, 3.63) is 29.8 Å². The molecule has 1 rings (SSSR count). The number of ether oxygens (including phenoxy) is 1. The van der Waals surface area contributed by atoms with Gasteiger partial charge in [0.2, 0.25) is 0 Å². The highest BCUT2D eigenvalue weighted by Crippen LogP contribution is 2.11. The van der Waals surface area contributed by atoms with E-state index in [1.165, 1.54) is 24.3 Å². The Morgan fingerprint density at radius 1 is 1.37 bits per heavy atom. The third-order valence-electron chi connectivity index (χ3n) is 2.62. The molecule has 1 aromatic carbocycles. The molecule has 5 nitrogen and oxygen atoms in total. The Bertz CT molecular complexity index is 532. The van der Waals surface area contributed by atoms with Gasteiger partial charge in [0.25, 0.3) is 0 Å². The Morgan fingerprint density at radius 2 is 2.00 bits per heavy atom. The van der Waals surface area contributed by atoms with E-state index in [9.17, 15) is 8.42 Å². The molecule has 1 atom stereocenters. The Hall–Kier alpha value is -1.42. The summed E-state index contributed by atoms with van der Waals surface area (Å²) in [4.78, 5) is 0.243. The molecular formula is C13H18N2O3S. The predicted octanol–water partition coefficient (Wildman–Crippen LogP) is 0.956. The number of nitriles is 1. The van der Waals surface area contributed by atoms with E-state index in [0.717, 1.165) is 0 Å². The molecule has 0 aromatic heterocycles. The predicted molar refractivity (Wildman–Crippen MR) is 72.6 cm³/mol.